The number of pyridine rings is 1. The third kappa shape index (κ3) is 2.85. The summed E-state index contributed by atoms with van der Waals surface area (Å²) in [7, 11) is 0. The lowest BCUT2D eigenvalue weighted by Gasteiger charge is -2.28. The van der Waals surface area contributed by atoms with Crippen LogP contribution in [0.3, 0.4) is 0 Å². The summed E-state index contributed by atoms with van der Waals surface area (Å²) in [6, 6.07) is 2.95. The monoisotopic (exact) mass is 234 g/mol. The van der Waals surface area contributed by atoms with E-state index in [1.54, 1.807) is 0 Å². The standard InChI is InChI=1S/C10H13F3N2O/c1-9(2,10(11,12)13)16-8-4-3-7(5-14)15-6-8/h3-4,6H,5,14H2,1-2H3. The lowest BCUT2D eigenvalue weighted by molar-refractivity contribution is -0.234. The van der Waals surface area contributed by atoms with Gasteiger partial charge in [0.15, 0.2) is 5.60 Å². The van der Waals surface area contributed by atoms with Crippen LogP contribution < -0.4 is 10.5 Å². The molecule has 0 saturated carbocycles. The molecule has 0 bridgehead atoms. The second-order valence-electron chi connectivity index (χ2n) is 3.80. The van der Waals surface area contributed by atoms with Gasteiger partial charge in [-0.3, -0.25) is 4.98 Å². The molecule has 0 amide bonds. The van der Waals surface area contributed by atoms with Crippen molar-refractivity contribution >= 4 is 0 Å². The molecular weight excluding hydrogens is 221 g/mol. The van der Waals surface area contributed by atoms with Gasteiger partial charge < -0.3 is 10.5 Å². The summed E-state index contributed by atoms with van der Waals surface area (Å²) in [4.78, 5) is 3.85. The minimum absolute atomic E-state index is 0.0690. The number of hydrogen-bond donors (Lipinski definition) is 1. The number of rotatable bonds is 3. The van der Waals surface area contributed by atoms with Crippen LogP contribution in [0.5, 0.6) is 5.75 Å². The molecular formula is C10H13F3N2O. The molecule has 1 heterocycles. The molecule has 0 aliphatic heterocycles. The third-order valence-electron chi connectivity index (χ3n) is 2.06. The first kappa shape index (κ1) is 12.8. The van der Waals surface area contributed by atoms with Crippen LogP contribution in [0.2, 0.25) is 0 Å². The van der Waals surface area contributed by atoms with Crippen LogP contribution in [0.1, 0.15) is 19.5 Å². The average Bonchev–Trinajstić information content (AvgIpc) is 2.16. The molecule has 1 aromatic heterocycles. The van der Waals surface area contributed by atoms with E-state index in [0.29, 0.717) is 5.69 Å². The van der Waals surface area contributed by atoms with Gasteiger partial charge in [-0.2, -0.15) is 13.2 Å². The van der Waals surface area contributed by atoms with Gasteiger partial charge >= 0.3 is 6.18 Å². The lowest BCUT2D eigenvalue weighted by Crippen LogP contribution is -2.44. The van der Waals surface area contributed by atoms with Crippen molar-refractivity contribution < 1.29 is 17.9 Å². The van der Waals surface area contributed by atoms with Gasteiger partial charge in [-0.25, -0.2) is 0 Å². The highest BCUT2D eigenvalue weighted by Crippen LogP contribution is 2.33. The van der Waals surface area contributed by atoms with Crippen LogP contribution in [0.15, 0.2) is 18.3 Å². The first-order valence-electron chi connectivity index (χ1n) is 4.67. The van der Waals surface area contributed by atoms with E-state index in [1.165, 1.54) is 18.3 Å². The van der Waals surface area contributed by atoms with E-state index < -0.39 is 11.8 Å². The number of ether oxygens (including phenoxy) is 1. The van der Waals surface area contributed by atoms with Crippen LogP contribution in [0, 0.1) is 0 Å². The number of nitrogens with zero attached hydrogens (tertiary/aromatic N) is 1. The smallest absolute Gasteiger partial charge is 0.427 e. The van der Waals surface area contributed by atoms with Gasteiger partial charge in [0.1, 0.15) is 5.75 Å². The van der Waals surface area contributed by atoms with E-state index in [2.05, 4.69) is 4.98 Å². The second-order valence-corrected chi connectivity index (χ2v) is 3.80. The Morgan fingerprint density at radius 3 is 2.31 bits per heavy atom. The van der Waals surface area contributed by atoms with E-state index in [-0.39, 0.29) is 12.3 Å². The number of nitrogens with two attached hydrogens (primary N) is 1. The van der Waals surface area contributed by atoms with Crippen molar-refractivity contribution in [2.24, 2.45) is 5.73 Å². The van der Waals surface area contributed by atoms with Crippen molar-refractivity contribution in [1.82, 2.24) is 4.98 Å². The number of halogens is 3. The topological polar surface area (TPSA) is 48.1 Å². The average molecular weight is 234 g/mol. The Morgan fingerprint density at radius 1 is 1.31 bits per heavy atom. The van der Waals surface area contributed by atoms with E-state index in [9.17, 15) is 13.2 Å². The largest absolute Gasteiger partial charge is 0.477 e. The Bertz CT molecular complexity index is 346. The molecule has 1 rings (SSSR count). The first-order valence-corrected chi connectivity index (χ1v) is 4.67. The van der Waals surface area contributed by atoms with Gasteiger partial charge in [-0.15, -0.1) is 0 Å². The van der Waals surface area contributed by atoms with Gasteiger partial charge in [0.2, 0.25) is 0 Å². The minimum atomic E-state index is -4.43. The number of alkyl halides is 3. The summed E-state index contributed by atoms with van der Waals surface area (Å²) in [6.07, 6.45) is -3.20. The van der Waals surface area contributed by atoms with Crippen LogP contribution in [-0.2, 0) is 6.54 Å². The Hall–Kier alpha value is -1.30. The number of aromatic nitrogens is 1. The summed E-state index contributed by atoms with van der Waals surface area (Å²) < 4.78 is 42.3. The Kier molecular flexibility index (Phi) is 3.42. The molecule has 0 spiro atoms. The van der Waals surface area contributed by atoms with Gasteiger partial charge in [-0.05, 0) is 26.0 Å². The highest BCUT2D eigenvalue weighted by Gasteiger charge is 2.49. The van der Waals surface area contributed by atoms with Gasteiger partial charge in [0.25, 0.3) is 0 Å². The van der Waals surface area contributed by atoms with Gasteiger partial charge in [0, 0.05) is 6.54 Å². The zero-order valence-electron chi connectivity index (χ0n) is 9.01. The van der Waals surface area contributed by atoms with Crippen LogP contribution in [0.25, 0.3) is 0 Å². The summed E-state index contributed by atoms with van der Waals surface area (Å²) in [6.45, 7) is 2.16. The Morgan fingerprint density at radius 2 is 1.94 bits per heavy atom. The molecule has 2 N–H and O–H groups in total. The fourth-order valence-electron chi connectivity index (χ4n) is 0.945. The van der Waals surface area contributed by atoms with Crippen molar-refractivity contribution in [2.45, 2.75) is 32.2 Å². The molecule has 0 aliphatic rings. The predicted octanol–water partition coefficient (Wildman–Crippen LogP) is 2.26. The Labute approximate surface area is 91.4 Å². The van der Waals surface area contributed by atoms with Crippen LogP contribution in [-0.4, -0.2) is 16.8 Å². The van der Waals surface area contributed by atoms with Crippen molar-refractivity contribution in [3.05, 3.63) is 24.0 Å². The third-order valence-corrected chi connectivity index (χ3v) is 2.06. The number of hydrogen-bond acceptors (Lipinski definition) is 3. The lowest BCUT2D eigenvalue weighted by atomic mass is 10.1. The molecule has 90 valence electrons. The summed E-state index contributed by atoms with van der Waals surface area (Å²) in [5.74, 6) is 0.0690. The summed E-state index contributed by atoms with van der Waals surface area (Å²) in [5.41, 5.74) is 3.67. The highest BCUT2D eigenvalue weighted by molar-refractivity contribution is 5.20. The van der Waals surface area contributed by atoms with Crippen LogP contribution >= 0.6 is 0 Å². The quantitative estimate of drug-likeness (QED) is 0.872. The van der Waals surface area contributed by atoms with E-state index >= 15 is 0 Å². The zero-order chi connectivity index (χ0) is 12.4. The predicted molar refractivity (Wildman–Crippen MR) is 52.9 cm³/mol. The highest BCUT2D eigenvalue weighted by atomic mass is 19.4. The van der Waals surface area contributed by atoms with Crippen LogP contribution in [0.4, 0.5) is 13.2 Å². The molecule has 1 aromatic rings. The molecule has 0 saturated heterocycles. The molecule has 0 aromatic carbocycles. The normalized spacial score (nSPS) is 12.6. The fourth-order valence-corrected chi connectivity index (χ4v) is 0.945. The molecule has 0 unspecified atom stereocenters. The summed E-state index contributed by atoms with van der Waals surface area (Å²) in [5, 5.41) is 0. The molecule has 0 fully saturated rings. The van der Waals surface area contributed by atoms with E-state index in [1.807, 2.05) is 0 Å². The SMILES string of the molecule is CC(C)(Oc1ccc(CN)nc1)C(F)(F)F. The first-order chi connectivity index (χ1) is 7.26. The minimum Gasteiger partial charge on any atom is -0.477 e. The fraction of sp³-hybridized carbons (Fsp3) is 0.500. The second kappa shape index (κ2) is 4.29. The molecule has 3 nitrogen and oxygen atoms in total. The molecule has 0 atom stereocenters. The van der Waals surface area contributed by atoms with Crippen molar-refractivity contribution in [3.8, 4) is 5.75 Å². The molecule has 0 radical (unpaired) electrons. The van der Waals surface area contributed by atoms with Crippen molar-refractivity contribution in [3.63, 3.8) is 0 Å². The maximum atomic E-state index is 12.5. The van der Waals surface area contributed by atoms with E-state index in [0.717, 1.165) is 13.8 Å². The van der Waals surface area contributed by atoms with Gasteiger partial charge in [-0.1, -0.05) is 0 Å². The molecule has 0 aliphatic carbocycles. The molecule has 6 heteroatoms. The maximum Gasteiger partial charge on any atom is 0.427 e. The summed E-state index contributed by atoms with van der Waals surface area (Å²) >= 11 is 0. The zero-order valence-corrected chi connectivity index (χ0v) is 9.01. The molecule has 16 heavy (non-hydrogen) atoms. The van der Waals surface area contributed by atoms with Gasteiger partial charge in [0.05, 0.1) is 11.9 Å². The van der Waals surface area contributed by atoms with Crippen molar-refractivity contribution in [2.75, 3.05) is 0 Å². The maximum absolute atomic E-state index is 12.5. The Balaban J connectivity index is 2.80. The van der Waals surface area contributed by atoms with Crippen molar-refractivity contribution in [1.29, 1.82) is 0 Å². The van der Waals surface area contributed by atoms with E-state index in [4.69, 9.17) is 10.5 Å².